The van der Waals surface area contributed by atoms with E-state index in [4.69, 9.17) is 14.2 Å². The molecule has 0 bridgehead atoms. The first-order chi connectivity index (χ1) is 17.8. The Morgan fingerprint density at radius 2 is 1.70 bits per heavy atom. The quantitative estimate of drug-likeness (QED) is 0.256. The van der Waals surface area contributed by atoms with E-state index in [1.54, 1.807) is 54.7 Å². The number of likely N-dealkylation sites (tertiary alicyclic amines) is 1. The number of methoxy groups -OCH3 is 2. The molecule has 0 saturated carbocycles. The number of Topliss-reactive ketones (excluding diaryl/α,β-unsaturated/α-hetero) is 1. The standard InChI is InChI=1S/C29H30N2O6/c1-18(2)17-37-21-11-7-9-19(15-21)26-25(27(32)24-22(35-3)12-8-13-23(24)36-4)28(33)29(34)31(26)16-20-10-5-6-14-30-20/h5-15,18,26,32H,16-17H2,1-4H3/b27-25+. The van der Waals surface area contributed by atoms with Crippen molar-refractivity contribution >= 4 is 17.4 Å². The second kappa shape index (κ2) is 11.2. The summed E-state index contributed by atoms with van der Waals surface area (Å²) in [4.78, 5) is 32.6. The molecular formula is C29H30N2O6. The predicted molar refractivity (Wildman–Crippen MR) is 138 cm³/mol. The zero-order valence-corrected chi connectivity index (χ0v) is 21.3. The maximum atomic E-state index is 13.5. The van der Waals surface area contributed by atoms with Crippen LogP contribution in [-0.2, 0) is 16.1 Å². The molecular weight excluding hydrogens is 472 g/mol. The summed E-state index contributed by atoms with van der Waals surface area (Å²) in [5.41, 5.74) is 1.36. The number of pyridine rings is 1. The van der Waals surface area contributed by atoms with Gasteiger partial charge in [-0.3, -0.25) is 14.6 Å². The molecule has 37 heavy (non-hydrogen) atoms. The molecule has 1 aliphatic heterocycles. The van der Waals surface area contributed by atoms with Gasteiger partial charge in [-0.1, -0.05) is 38.1 Å². The Bertz CT molecular complexity index is 1300. The lowest BCUT2D eigenvalue weighted by molar-refractivity contribution is -0.140. The Labute approximate surface area is 216 Å². The largest absolute Gasteiger partial charge is 0.506 e. The molecule has 192 valence electrons. The fourth-order valence-electron chi connectivity index (χ4n) is 4.31. The maximum Gasteiger partial charge on any atom is 0.296 e. The van der Waals surface area contributed by atoms with Crippen LogP contribution >= 0.6 is 0 Å². The highest BCUT2D eigenvalue weighted by molar-refractivity contribution is 6.46. The van der Waals surface area contributed by atoms with Crippen LogP contribution in [0.3, 0.4) is 0 Å². The second-order valence-electron chi connectivity index (χ2n) is 9.06. The third-order valence-corrected chi connectivity index (χ3v) is 6.02. The number of rotatable bonds is 9. The predicted octanol–water partition coefficient (Wildman–Crippen LogP) is 4.76. The number of benzene rings is 2. The van der Waals surface area contributed by atoms with Crippen molar-refractivity contribution in [2.24, 2.45) is 5.92 Å². The van der Waals surface area contributed by atoms with Crippen molar-refractivity contribution in [3.63, 3.8) is 0 Å². The molecule has 1 saturated heterocycles. The SMILES string of the molecule is COc1cccc(OC)c1/C(O)=C1\C(=O)C(=O)N(Cc2ccccn2)C1c1cccc(OCC(C)C)c1. The number of ketones is 1. The number of aliphatic hydroxyl groups is 1. The fraction of sp³-hybridized carbons (Fsp3) is 0.276. The number of nitrogens with zero attached hydrogens (tertiary/aromatic N) is 2. The van der Waals surface area contributed by atoms with Crippen LogP contribution in [0.5, 0.6) is 17.2 Å². The third kappa shape index (κ3) is 5.28. The van der Waals surface area contributed by atoms with Gasteiger partial charge in [0.2, 0.25) is 0 Å². The second-order valence-corrected chi connectivity index (χ2v) is 9.06. The molecule has 0 spiro atoms. The van der Waals surface area contributed by atoms with Gasteiger partial charge >= 0.3 is 0 Å². The molecule has 1 aliphatic rings. The van der Waals surface area contributed by atoms with Crippen LogP contribution in [0.15, 0.2) is 72.4 Å². The molecule has 0 aliphatic carbocycles. The Hall–Kier alpha value is -4.33. The van der Waals surface area contributed by atoms with Gasteiger partial charge in [-0.05, 0) is 47.9 Å². The van der Waals surface area contributed by atoms with E-state index >= 15 is 0 Å². The molecule has 0 radical (unpaired) electrons. The van der Waals surface area contributed by atoms with Gasteiger partial charge in [0.15, 0.2) is 0 Å². The first-order valence-corrected chi connectivity index (χ1v) is 12.0. The van der Waals surface area contributed by atoms with Gasteiger partial charge in [-0.25, -0.2) is 0 Å². The fourth-order valence-corrected chi connectivity index (χ4v) is 4.31. The van der Waals surface area contributed by atoms with Crippen LogP contribution in [0, 0.1) is 5.92 Å². The average molecular weight is 503 g/mol. The summed E-state index contributed by atoms with van der Waals surface area (Å²) >= 11 is 0. The summed E-state index contributed by atoms with van der Waals surface area (Å²) in [5.74, 6) is -0.392. The van der Waals surface area contributed by atoms with Gasteiger partial charge in [0.25, 0.3) is 11.7 Å². The van der Waals surface area contributed by atoms with E-state index in [1.807, 2.05) is 26.0 Å². The number of amides is 1. The Morgan fingerprint density at radius 3 is 2.32 bits per heavy atom. The number of aromatic nitrogens is 1. The topological polar surface area (TPSA) is 98.2 Å². The van der Waals surface area contributed by atoms with Crippen molar-refractivity contribution in [3.05, 3.63) is 89.3 Å². The maximum absolute atomic E-state index is 13.5. The first-order valence-electron chi connectivity index (χ1n) is 12.0. The van der Waals surface area contributed by atoms with Gasteiger partial charge in [0, 0.05) is 6.20 Å². The molecule has 1 N–H and O–H groups in total. The molecule has 1 atom stereocenters. The van der Waals surface area contributed by atoms with Gasteiger partial charge in [-0.2, -0.15) is 0 Å². The minimum atomic E-state index is -0.890. The van der Waals surface area contributed by atoms with Crippen molar-refractivity contribution in [1.29, 1.82) is 0 Å². The molecule has 2 aromatic carbocycles. The summed E-state index contributed by atoms with van der Waals surface area (Å²) < 4.78 is 16.8. The number of hydrogen-bond donors (Lipinski definition) is 1. The van der Waals surface area contributed by atoms with E-state index in [0.717, 1.165) is 0 Å². The zero-order valence-electron chi connectivity index (χ0n) is 21.3. The van der Waals surface area contributed by atoms with Crippen LogP contribution in [0.1, 0.15) is 36.7 Å². The summed E-state index contributed by atoms with van der Waals surface area (Å²) in [7, 11) is 2.91. The van der Waals surface area contributed by atoms with Crippen LogP contribution in [0.4, 0.5) is 0 Å². The summed E-state index contributed by atoms with van der Waals surface area (Å²) in [5, 5.41) is 11.6. The highest BCUT2D eigenvalue weighted by atomic mass is 16.5. The van der Waals surface area contributed by atoms with Crippen molar-refractivity contribution in [1.82, 2.24) is 9.88 Å². The lowest BCUT2D eigenvalue weighted by atomic mass is 9.94. The number of hydrogen-bond acceptors (Lipinski definition) is 7. The van der Waals surface area contributed by atoms with Crippen LogP contribution in [0.25, 0.3) is 5.76 Å². The monoisotopic (exact) mass is 502 g/mol. The first kappa shape index (κ1) is 25.8. The summed E-state index contributed by atoms with van der Waals surface area (Å²) in [6.07, 6.45) is 1.63. The summed E-state index contributed by atoms with van der Waals surface area (Å²) in [6.45, 7) is 4.68. The van der Waals surface area contributed by atoms with E-state index in [0.29, 0.717) is 41.0 Å². The Balaban J connectivity index is 1.90. The van der Waals surface area contributed by atoms with E-state index in [2.05, 4.69) is 4.98 Å². The van der Waals surface area contributed by atoms with Gasteiger partial charge in [0.05, 0.1) is 44.7 Å². The molecule has 1 aromatic heterocycles. The van der Waals surface area contributed by atoms with Crippen molar-refractivity contribution in [2.45, 2.75) is 26.4 Å². The van der Waals surface area contributed by atoms with Crippen LogP contribution in [0.2, 0.25) is 0 Å². The van der Waals surface area contributed by atoms with E-state index < -0.39 is 17.7 Å². The molecule has 1 fully saturated rings. The highest BCUT2D eigenvalue weighted by Crippen LogP contribution is 2.44. The lowest BCUT2D eigenvalue weighted by Crippen LogP contribution is -2.29. The lowest BCUT2D eigenvalue weighted by Gasteiger charge is -2.26. The Kier molecular flexibility index (Phi) is 7.77. The van der Waals surface area contributed by atoms with Crippen molar-refractivity contribution in [2.75, 3.05) is 20.8 Å². The summed E-state index contributed by atoms with van der Waals surface area (Å²) in [6, 6.07) is 16.7. The van der Waals surface area contributed by atoms with Gasteiger partial charge in [0.1, 0.15) is 28.6 Å². The average Bonchev–Trinajstić information content (AvgIpc) is 3.16. The molecule has 8 heteroatoms. The third-order valence-electron chi connectivity index (χ3n) is 6.02. The minimum absolute atomic E-state index is 0.0651. The Morgan fingerprint density at radius 1 is 1.00 bits per heavy atom. The molecule has 4 rings (SSSR count). The number of aliphatic hydroxyl groups excluding tert-OH is 1. The molecule has 1 unspecified atom stereocenters. The number of carbonyl (C=O) groups is 2. The van der Waals surface area contributed by atoms with Crippen molar-refractivity contribution < 1.29 is 28.9 Å². The van der Waals surface area contributed by atoms with Crippen LogP contribution in [-0.4, -0.2) is 47.5 Å². The van der Waals surface area contributed by atoms with E-state index in [9.17, 15) is 14.7 Å². The smallest absolute Gasteiger partial charge is 0.296 e. The normalized spacial score (nSPS) is 16.8. The number of ether oxygens (including phenoxy) is 3. The highest BCUT2D eigenvalue weighted by Gasteiger charge is 2.47. The van der Waals surface area contributed by atoms with Gasteiger partial charge in [-0.15, -0.1) is 0 Å². The zero-order chi connectivity index (χ0) is 26.5. The molecule has 3 aromatic rings. The van der Waals surface area contributed by atoms with Gasteiger partial charge < -0.3 is 24.2 Å². The van der Waals surface area contributed by atoms with E-state index in [1.165, 1.54) is 19.1 Å². The number of carbonyl (C=O) groups excluding carboxylic acids is 2. The molecule has 1 amide bonds. The minimum Gasteiger partial charge on any atom is -0.506 e. The van der Waals surface area contributed by atoms with Crippen molar-refractivity contribution in [3.8, 4) is 17.2 Å². The van der Waals surface area contributed by atoms with E-state index in [-0.39, 0.29) is 23.4 Å². The van der Waals surface area contributed by atoms with Crippen LogP contribution < -0.4 is 14.2 Å². The molecule has 8 nitrogen and oxygen atoms in total. The molecule has 2 heterocycles.